The molecule has 1 aromatic rings. The third kappa shape index (κ3) is 2.39. The second-order valence-corrected chi connectivity index (χ2v) is 4.92. The largest absolute Gasteiger partial charge is 0.397 e. The van der Waals surface area contributed by atoms with E-state index in [0.717, 1.165) is 25.9 Å². The first-order valence-corrected chi connectivity index (χ1v) is 6.34. The van der Waals surface area contributed by atoms with E-state index in [9.17, 15) is 4.79 Å². The van der Waals surface area contributed by atoms with E-state index < -0.39 is 0 Å². The third-order valence-electron chi connectivity index (χ3n) is 3.43. The quantitative estimate of drug-likeness (QED) is 0.823. The molecule has 1 heterocycles. The maximum Gasteiger partial charge on any atom is 0.256 e. The fourth-order valence-electron chi connectivity index (χ4n) is 2.24. The van der Waals surface area contributed by atoms with Crippen molar-refractivity contribution >= 4 is 23.2 Å². The summed E-state index contributed by atoms with van der Waals surface area (Å²) >= 11 is 5.92. The molecule has 0 spiro atoms. The van der Waals surface area contributed by atoms with E-state index in [1.807, 2.05) is 4.90 Å². The fourth-order valence-corrected chi connectivity index (χ4v) is 2.42. The van der Waals surface area contributed by atoms with Crippen molar-refractivity contribution in [2.45, 2.75) is 19.8 Å². The number of anilines is 1. The summed E-state index contributed by atoms with van der Waals surface area (Å²) in [6.45, 7) is 3.82. The topological polar surface area (TPSA) is 46.3 Å². The molecule has 2 rings (SSSR count). The van der Waals surface area contributed by atoms with Gasteiger partial charge < -0.3 is 10.6 Å². The number of nitrogens with zero attached hydrogens (tertiary/aromatic N) is 1. The number of para-hydroxylation sites is 1. The van der Waals surface area contributed by atoms with Gasteiger partial charge in [0.05, 0.1) is 16.3 Å². The molecule has 0 bridgehead atoms. The van der Waals surface area contributed by atoms with Crippen molar-refractivity contribution in [3.63, 3.8) is 0 Å². The van der Waals surface area contributed by atoms with Gasteiger partial charge in [-0.3, -0.25) is 4.79 Å². The van der Waals surface area contributed by atoms with Crippen LogP contribution in [0.5, 0.6) is 0 Å². The molecule has 1 aliphatic heterocycles. The number of amides is 1. The summed E-state index contributed by atoms with van der Waals surface area (Å²) < 4.78 is 0. The van der Waals surface area contributed by atoms with Gasteiger partial charge in [0.2, 0.25) is 0 Å². The highest BCUT2D eigenvalue weighted by atomic mass is 35.5. The van der Waals surface area contributed by atoms with Gasteiger partial charge in [0.15, 0.2) is 0 Å². The summed E-state index contributed by atoms with van der Waals surface area (Å²) in [5.74, 6) is 0.625. The van der Waals surface area contributed by atoms with Gasteiger partial charge in [0, 0.05) is 13.1 Å². The van der Waals surface area contributed by atoms with E-state index in [0.29, 0.717) is 22.2 Å². The molecule has 1 unspecified atom stereocenters. The molecule has 1 atom stereocenters. The van der Waals surface area contributed by atoms with Crippen LogP contribution in [0.3, 0.4) is 0 Å². The van der Waals surface area contributed by atoms with Crippen LogP contribution in [0.25, 0.3) is 0 Å². The molecule has 92 valence electrons. The molecule has 0 radical (unpaired) electrons. The SMILES string of the molecule is CCC1CCN(C(=O)c2cccc(Cl)c2N)C1. The minimum atomic E-state index is 0.000880. The lowest BCUT2D eigenvalue weighted by atomic mass is 10.1. The molecular formula is C13H17ClN2O. The Kier molecular flexibility index (Phi) is 3.57. The average molecular weight is 253 g/mol. The standard InChI is InChI=1S/C13H17ClN2O/c1-2-9-6-7-16(8-9)13(17)10-4-3-5-11(14)12(10)15/h3-5,9H,2,6-8,15H2,1H3. The molecule has 1 aliphatic rings. The van der Waals surface area contributed by atoms with Crippen molar-refractivity contribution < 1.29 is 4.79 Å². The number of nitrogens with two attached hydrogens (primary N) is 1. The summed E-state index contributed by atoms with van der Waals surface area (Å²) in [7, 11) is 0. The van der Waals surface area contributed by atoms with Crippen LogP contribution in [-0.4, -0.2) is 23.9 Å². The maximum atomic E-state index is 12.3. The molecule has 1 saturated heterocycles. The second-order valence-electron chi connectivity index (χ2n) is 4.52. The van der Waals surface area contributed by atoms with Gasteiger partial charge in [-0.05, 0) is 24.5 Å². The normalized spacial score (nSPS) is 19.6. The molecule has 0 aliphatic carbocycles. The molecule has 0 saturated carbocycles. The minimum Gasteiger partial charge on any atom is -0.397 e. The zero-order chi connectivity index (χ0) is 12.4. The van der Waals surface area contributed by atoms with E-state index in [4.69, 9.17) is 17.3 Å². The average Bonchev–Trinajstić information content (AvgIpc) is 2.80. The van der Waals surface area contributed by atoms with E-state index in [1.165, 1.54) is 0 Å². The van der Waals surface area contributed by atoms with Crippen LogP contribution in [0.2, 0.25) is 5.02 Å². The van der Waals surface area contributed by atoms with Gasteiger partial charge in [0.25, 0.3) is 5.91 Å². The zero-order valence-electron chi connectivity index (χ0n) is 9.95. The minimum absolute atomic E-state index is 0.000880. The zero-order valence-corrected chi connectivity index (χ0v) is 10.7. The third-order valence-corrected chi connectivity index (χ3v) is 3.76. The van der Waals surface area contributed by atoms with Crippen molar-refractivity contribution in [1.29, 1.82) is 0 Å². The molecule has 3 nitrogen and oxygen atoms in total. The fraction of sp³-hybridized carbons (Fsp3) is 0.462. The van der Waals surface area contributed by atoms with E-state index in [-0.39, 0.29) is 5.91 Å². The summed E-state index contributed by atoms with van der Waals surface area (Å²) in [5, 5.41) is 0.446. The van der Waals surface area contributed by atoms with Crippen LogP contribution in [0.4, 0.5) is 5.69 Å². The molecule has 4 heteroatoms. The lowest BCUT2D eigenvalue weighted by Gasteiger charge is -2.17. The van der Waals surface area contributed by atoms with Crippen LogP contribution in [0, 0.1) is 5.92 Å². The molecule has 2 N–H and O–H groups in total. The Labute approximate surface area is 107 Å². The first-order chi connectivity index (χ1) is 8.13. The highest BCUT2D eigenvalue weighted by Crippen LogP contribution is 2.26. The number of hydrogen-bond donors (Lipinski definition) is 1. The van der Waals surface area contributed by atoms with Crippen molar-refractivity contribution in [3.8, 4) is 0 Å². The predicted octanol–water partition coefficient (Wildman–Crippen LogP) is 2.79. The number of hydrogen-bond acceptors (Lipinski definition) is 2. The monoisotopic (exact) mass is 252 g/mol. The first-order valence-electron chi connectivity index (χ1n) is 5.96. The number of nitrogen functional groups attached to an aromatic ring is 1. The van der Waals surface area contributed by atoms with Crippen LogP contribution < -0.4 is 5.73 Å². The molecule has 17 heavy (non-hydrogen) atoms. The van der Waals surface area contributed by atoms with Crippen LogP contribution in [-0.2, 0) is 0 Å². The molecule has 1 aromatic carbocycles. The smallest absolute Gasteiger partial charge is 0.256 e. The van der Waals surface area contributed by atoms with Gasteiger partial charge in [-0.15, -0.1) is 0 Å². The number of rotatable bonds is 2. The van der Waals surface area contributed by atoms with Gasteiger partial charge in [-0.25, -0.2) is 0 Å². The van der Waals surface area contributed by atoms with Crippen LogP contribution >= 0.6 is 11.6 Å². The summed E-state index contributed by atoms with van der Waals surface area (Å²) in [6.07, 6.45) is 2.21. The Morgan fingerprint density at radius 2 is 2.35 bits per heavy atom. The Balaban J connectivity index is 2.18. The highest BCUT2D eigenvalue weighted by molar-refractivity contribution is 6.33. The summed E-state index contributed by atoms with van der Waals surface area (Å²) in [6, 6.07) is 5.20. The number of carbonyl (C=O) groups is 1. The Morgan fingerprint density at radius 1 is 1.59 bits per heavy atom. The number of likely N-dealkylation sites (tertiary alicyclic amines) is 1. The Hall–Kier alpha value is -1.22. The van der Waals surface area contributed by atoms with Crippen molar-refractivity contribution in [3.05, 3.63) is 28.8 Å². The lowest BCUT2D eigenvalue weighted by molar-refractivity contribution is 0.0788. The van der Waals surface area contributed by atoms with Crippen LogP contribution in [0.1, 0.15) is 30.1 Å². The van der Waals surface area contributed by atoms with Gasteiger partial charge in [-0.1, -0.05) is 31.0 Å². The van der Waals surface area contributed by atoms with Gasteiger partial charge >= 0.3 is 0 Å². The number of benzene rings is 1. The first kappa shape index (κ1) is 12.2. The highest BCUT2D eigenvalue weighted by Gasteiger charge is 2.26. The molecule has 1 amide bonds. The van der Waals surface area contributed by atoms with Crippen LogP contribution in [0.15, 0.2) is 18.2 Å². The second kappa shape index (κ2) is 4.96. The summed E-state index contributed by atoms with van der Waals surface area (Å²) in [5.41, 5.74) is 6.75. The number of halogens is 1. The van der Waals surface area contributed by atoms with E-state index in [1.54, 1.807) is 18.2 Å². The van der Waals surface area contributed by atoms with Crippen molar-refractivity contribution in [1.82, 2.24) is 4.90 Å². The molecular weight excluding hydrogens is 236 g/mol. The molecule has 0 aromatic heterocycles. The van der Waals surface area contributed by atoms with E-state index in [2.05, 4.69) is 6.92 Å². The van der Waals surface area contributed by atoms with Gasteiger partial charge in [-0.2, -0.15) is 0 Å². The van der Waals surface area contributed by atoms with Gasteiger partial charge in [0.1, 0.15) is 0 Å². The molecule has 1 fully saturated rings. The predicted molar refractivity (Wildman–Crippen MR) is 70.2 cm³/mol. The lowest BCUT2D eigenvalue weighted by Crippen LogP contribution is -2.29. The van der Waals surface area contributed by atoms with Crippen molar-refractivity contribution in [2.75, 3.05) is 18.8 Å². The number of carbonyl (C=O) groups excluding carboxylic acids is 1. The summed E-state index contributed by atoms with van der Waals surface area (Å²) in [4.78, 5) is 14.1. The Bertz CT molecular complexity index is 433. The van der Waals surface area contributed by atoms with Crippen molar-refractivity contribution in [2.24, 2.45) is 5.92 Å². The Morgan fingerprint density at radius 3 is 3.00 bits per heavy atom. The maximum absolute atomic E-state index is 12.3. The van der Waals surface area contributed by atoms with E-state index >= 15 is 0 Å².